The smallest absolute Gasteiger partial charge is 0.277 e. The average Bonchev–Trinajstić information content (AvgIpc) is 3.37. The number of carbonyl (C=O) groups excluding carboxylic acids is 1. The SMILES string of the molecule is Cc1ccccc1-c1nnc(SCC(=O)Nc2nc(-c3ccccc3)cs2)o1. The molecule has 2 aromatic heterocycles. The summed E-state index contributed by atoms with van der Waals surface area (Å²) in [6.07, 6.45) is 0. The fourth-order valence-electron chi connectivity index (χ4n) is 2.55. The predicted octanol–water partition coefficient (Wildman–Crippen LogP) is 4.90. The largest absolute Gasteiger partial charge is 0.411 e. The van der Waals surface area contributed by atoms with E-state index in [-0.39, 0.29) is 11.7 Å². The Labute approximate surface area is 170 Å². The number of anilines is 1. The maximum absolute atomic E-state index is 12.2. The lowest BCUT2D eigenvalue weighted by Gasteiger charge is -2.00. The summed E-state index contributed by atoms with van der Waals surface area (Å²) >= 11 is 2.59. The molecule has 0 aliphatic heterocycles. The minimum atomic E-state index is -0.172. The van der Waals surface area contributed by atoms with Crippen LogP contribution in [0.3, 0.4) is 0 Å². The summed E-state index contributed by atoms with van der Waals surface area (Å²) < 4.78 is 5.66. The van der Waals surface area contributed by atoms with Gasteiger partial charge in [-0.25, -0.2) is 4.98 Å². The molecule has 4 aromatic rings. The lowest BCUT2D eigenvalue weighted by molar-refractivity contribution is -0.113. The monoisotopic (exact) mass is 408 g/mol. The number of hydrogen-bond acceptors (Lipinski definition) is 7. The van der Waals surface area contributed by atoms with Crippen molar-refractivity contribution in [3.05, 3.63) is 65.5 Å². The number of thioether (sulfide) groups is 1. The van der Waals surface area contributed by atoms with Crippen molar-refractivity contribution in [1.82, 2.24) is 15.2 Å². The van der Waals surface area contributed by atoms with Crippen LogP contribution in [0.2, 0.25) is 0 Å². The van der Waals surface area contributed by atoms with Crippen molar-refractivity contribution in [2.45, 2.75) is 12.1 Å². The van der Waals surface area contributed by atoms with E-state index in [1.807, 2.05) is 66.9 Å². The van der Waals surface area contributed by atoms with Crippen LogP contribution in [0.4, 0.5) is 5.13 Å². The second-order valence-corrected chi connectivity index (χ2v) is 7.71. The van der Waals surface area contributed by atoms with Crippen molar-refractivity contribution in [2.24, 2.45) is 0 Å². The summed E-state index contributed by atoms with van der Waals surface area (Å²) in [5.74, 6) is 0.443. The Balaban J connectivity index is 1.34. The molecule has 0 saturated carbocycles. The molecule has 0 radical (unpaired) electrons. The Morgan fingerprint density at radius 1 is 1.11 bits per heavy atom. The quantitative estimate of drug-likeness (QED) is 0.457. The number of aromatic nitrogens is 3. The van der Waals surface area contributed by atoms with E-state index in [1.54, 1.807) is 0 Å². The van der Waals surface area contributed by atoms with Gasteiger partial charge in [0.15, 0.2) is 5.13 Å². The number of aryl methyl sites for hydroxylation is 1. The van der Waals surface area contributed by atoms with E-state index >= 15 is 0 Å². The predicted molar refractivity (Wildman–Crippen MR) is 111 cm³/mol. The number of nitrogens with zero attached hydrogens (tertiary/aromatic N) is 3. The van der Waals surface area contributed by atoms with Crippen LogP contribution in [0.1, 0.15) is 5.56 Å². The summed E-state index contributed by atoms with van der Waals surface area (Å²) in [5.41, 5.74) is 3.80. The third kappa shape index (κ3) is 4.29. The number of thiazole rings is 1. The fraction of sp³-hybridized carbons (Fsp3) is 0.100. The first-order valence-corrected chi connectivity index (χ1v) is 10.4. The minimum Gasteiger partial charge on any atom is -0.411 e. The van der Waals surface area contributed by atoms with Crippen molar-refractivity contribution in [2.75, 3.05) is 11.1 Å². The van der Waals surface area contributed by atoms with Crippen LogP contribution in [0, 0.1) is 6.92 Å². The fourth-order valence-corrected chi connectivity index (χ4v) is 3.84. The first kappa shape index (κ1) is 18.4. The Morgan fingerprint density at radius 2 is 1.89 bits per heavy atom. The summed E-state index contributed by atoms with van der Waals surface area (Å²) in [5, 5.41) is 13.7. The van der Waals surface area contributed by atoms with Gasteiger partial charge in [-0.2, -0.15) is 0 Å². The molecular weight excluding hydrogens is 392 g/mol. The van der Waals surface area contributed by atoms with Crippen molar-refractivity contribution in [3.63, 3.8) is 0 Å². The Morgan fingerprint density at radius 3 is 2.71 bits per heavy atom. The highest BCUT2D eigenvalue weighted by molar-refractivity contribution is 7.99. The van der Waals surface area contributed by atoms with Crippen molar-refractivity contribution < 1.29 is 9.21 Å². The average molecular weight is 409 g/mol. The molecule has 4 rings (SSSR count). The number of amides is 1. The molecule has 28 heavy (non-hydrogen) atoms. The third-order valence-corrected chi connectivity index (χ3v) is 5.50. The van der Waals surface area contributed by atoms with Crippen LogP contribution >= 0.6 is 23.1 Å². The van der Waals surface area contributed by atoms with E-state index in [9.17, 15) is 4.79 Å². The van der Waals surface area contributed by atoms with Gasteiger partial charge in [-0.15, -0.1) is 21.5 Å². The van der Waals surface area contributed by atoms with E-state index in [0.717, 1.165) is 22.4 Å². The number of hydrogen-bond donors (Lipinski definition) is 1. The maximum atomic E-state index is 12.2. The maximum Gasteiger partial charge on any atom is 0.277 e. The third-order valence-electron chi connectivity index (χ3n) is 3.93. The van der Waals surface area contributed by atoms with Gasteiger partial charge in [-0.05, 0) is 18.6 Å². The standard InChI is InChI=1S/C20H16N4O2S2/c1-13-7-5-6-10-15(13)18-23-24-20(26-18)28-12-17(25)22-19-21-16(11-27-19)14-8-3-2-4-9-14/h2-11H,12H2,1H3,(H,21,22,25). The van der Waals surface area contributed by atoms with Crippen molar-refractivity contribution in [1.29, 1.82) is 0 Å². The Hall–Kier alpha value is -2.97. The second kappa shape index (κ2) is 8.37. The van der Waals surface area contributed by atoms with Crippen LogP contribution < -0.4 is 5.32 Å². The number of nitrogens with one attached hydrogen (secondary N) is 1. The molecule has 0 fully saturated rings. The van der Waals surface area contributed by atoms with E-state index in [4.69, 9.17) is 4.42 Å². The Kier molecular flexibility index (Phi) is 5.50. The van der Waals surface area contributed by atoms with E-state index in [2.05, 4.69) is 20.5 Å². The molecule has 0 atom stereocenters. The molecule has 0 aliphatic rings. The second-order valence-electron chi connectivity index (χ2n) is 5.93. The highest BCUT2D eigenvalue weighted by Crippen LogP contribution is 2.27. The van der Waals surface area contributed by atoms with Crippen molar-refractivity contribution >= 4 is 34.1 Å². The van der Waals surface area contributed by atoms with Gasteiger partial charge in [0.2, 0.25) is 11.8 Å². The first-order valence-electron chi connectivity index (χ1n) is 8.52. The summed E-state index contributed by atoms with van der Waals surface area (Å²) in [6.45, 7) is 1.98. The van der Waals surface area contributed by atoms with Gasteiger partial charge >= 0.3 is 0 Å². The number of carbonyl (C=O) groups is 1. The molecule has 0 saturated heterocycles. The first-order chi connectivity index (χ1) is 13.7. The molecule has 140 valence electrons. The number of benzene rings is 2. The van der Waals surface area contributed by atoms with Crippen LogP contribution in [-0.4, -0.2) is 26.8 Å². The zero-order valence-corrected chi connectivity index (χ0v) is 16.6. The summed E-state index contributed by atoms with van der Waals surface area (Å²) in [7, 11) is 0. The van der Waals surface area contributed by atoms with Gasteiger partial charge in [0.25, 0.3) is 5.22 Å². The van der Waals surface area contributed by atoms with Crippen LogP contribution in [0.15, 0.2) is 69.6 Å². The highest BCUT2D eigenvalue weighted by Gasteiger charge is 2.13. The van der Waals surface area contributed by atoms with Gasteiger partial charge in [-0.1, -0.05) is 60.3 Å². The molecule has 1 N–H and O–H groups in total. The summed E-state index contributed by atoms with van der Waals surface area (Å²) in [6, 6.07) is 17.6. The molecule has 8 heteroatoms. The van der Waals surface area contributed by atoms with Crippen molar-refractivity contribution in [3.8, 4) is 22.7 Å². The lowest BCUT2D eigenvalue weighted by atomic mass is 10.1. The van der Waals surface area contributed by atoms with Gasteiger partial charge in [0.1, 0.15) is 0 Å². The topological polar surface area (TPSA) is 80.9 Å². The highest BCUT2D eigenvalue weighted by atomic mass is 32.2. The Bertz CT molecular complexity index is 1090. The van der Waals surface area contributed by atoms with Gasteiger partial charge in [-0.3, -0.25) is 4.79 Å². The molecule has 0 unspecified atom stereocenters. The molecule has 2 heterocycles. The van der Waals surface area contributed by atoms with Crippen LogP contribution in [0.25, 0.3) is 22.7 Å². The zero-order valence-electron chi connectivity index (χ0n) is 15.0. The molecular formula is C20H16N4O2S2. The number of rotatable bonds is 6. The summed E-state index contributed by atoms with van der Waals surface area (Å²) in [4.78, 5) is 16.7. The molecule has 1 amide bonds. The van der Waals surface area contributed by atoms with Crippen LogP contribution in [0.5, 0.6) is 0 Å². The molecule has 0 spiro atoms. The molecule has 0 aliphatic carbocycles. The van der Waals surface area contributed by atoms with E-state index in [1.165, 1.54) is 23.1 Å². The van der Waals surface area contributed by atoms with E-state index in [0.29, 0.717) is 16.2 Å². The van der Waals surface area contributed by atoms with Gasteiger partial charge in [0, 0.05) is 16.5 Å². The van der Waals surface area contributed by atoms with E-state index < -0.39 is 0 Å². The van der Waals surface area contributed by atoms with Gasteiger partial charge < -0.3 is 9.73 Å². The molecule has 0 bridgehead atoms. The zero-order chi connectivity index (χ0) is 19.3. The molecule has 6 nitrogen and oxygen atoms in total. The van der Waals surface area contributed by atoms with Crippen LogP contribution in [-0.2, 0) is 4.79 Å². The minimum absolute atomic E-state index is 0.162. The normalized spacial score (nSPS) is 10.8. The lowest BCUT2D eigenvalue weighted by Crippen LogP contribution is -2.13. The van der Waals surface area contributed by atoms with Gasteiger partial charge in [0.05, 0.1) is 11.4 Å². The molecule has 2 aromatic carbocycles.